The van der Waals surface area contributed by atoms with E-state index in [-0.39, 0.29) is 0 Å². The topological polar surface area (TPSA) is 18.5 Å². The van der Waals surface area contributed by atoms with Crippen LogP contribution in [-0.4, -0.2) is 20.3 Å². The van der Waals surface area contributed by atoms with Crippen molar-refractivity contribution in [2.24, 2.45) is 0 Å². The zero-order valence-corrected chi connectivity index (χ0v) is 10.4. The van der Waals surface area contributed by atoms with Gasteiger partial charge in [-0.15, -0.1) is 0 Å². The molecule has 0 spiro atoms. The molecule has 0 amide bonds. The maximum atomic E-state index is 5.46. The second-order valence-electron chi connectivity index (χ2n) is 2.42. The van der Waals surface area contributed by atoms with E-state index in [1.54, 1.807) is 7.11 Å². The van der Waals surface area contributed by atoms with Crippen molar-refractivity contribution in [3.05, 3.63) is 27.1 Å². The Morgan fingerprint density at radius 1 is 1.23 bits per heavy atom. The maximum Gasteiger partial charge on any atom is 0.134 e. The van der Waals surface area contributed by atoms with Gasteiger partial charge in [0.2, 0.25) is 0 Å². The average Bonchev–Trinajstić information content (AvgIpc) is 2.11. The summed E-state index contributed by atoms with van der Waals surface area (Å²) in [5.41, 5.74) is 0. The minimum absolute atomic E-state index is 0.561. The molecule has 0 N–H and O–H groups in total. The van der Waals surface area contributed by atoms with Gasteiger partial charge in [0, 0.05) is 11.6 Å². The Morgan fingerprint density at radius 2 is 2.00 bits per heavy atom. The Morgan fingerprint density at radius 3 is 2.69 bits per heavy atom. The highest BCUT2D eigenvalue weighted by atomic mass is 79.9. The molecule has 0 aromatic heterocycles. The summed E-state index contributed by atoms with van der Waals surface area (Å²) in [7, 11) is 1.65. The molecular formula is C9H10Br2O2. The van der Waals surface area contributed by atoms with Gasteiger partial charge in [0.1, 0.15) is 12.4 Å². The van der Waals surface area contributed by atoms with Crippen LogP contribution in [0.25, 0.3) is 0 Å². The van der Waals surface area contributed by atoms with Gasteiger partial charge in [-0.1, -0.05) is 15.9 Å². The van der Waals surface area contributed by atoms with Crippen LogP contribution < -0.4 is 4.74 Å². The first-order valence-electron chi connectivity index (χ1n) is 3.81. The summed E-state index contributed by atoms with van der Waals surface area (Å²) >= 11 is 6.77. The van der Waals surface area contributed by atoms with Crippen LogP contribution in [0.4, 0.5) is 0 Å². The molecule has 1 aromatic carbocycles. The molecule has 0 atom stereocenters. The van der Waals surface area contributed by atoms with E-state index in [9.17, 15) is 0 Å². The number of halogens is 2. The fourth-order valence-corrected chi connectivity index (χ4v) is 1.52. The third kappa shape index (κ3) is 3.67. The maximum absolute atomic E-state index is 5.46. The molecular weight excluding hydrogens is 300 g/mol. The molecule has 0 aliphatic rings. The van der Waals surface area contributed by atoms with Gasteiger partial charge >= 0.3 is 0 Å². The molecule has 1 aromatic rings. The Balaban J connectivity index is 2.59. The van der Waals surface area contributed by atoms with Crippen LogP contribution in [0.5, 0.6) is 5.75 Å². The molecule has 0 saturated carbocycles. The Bertz CT molecular complexity index is 276. The van der Waals surface area contributed by atoms with Crippen molar-refractivity contribution >= 4 is 31.9 Å². The normalized spacial score (nSPS) is 10.1. The SMILES string of the molecule is COCCOc1cc(Br)ccc1Br. The van der Waals surface area contributed by atoms with Crippen molar-refractivity contribution < 1.29 is 9.47 Å². The fourth-order valence-electron chi connectivity index (χ4n) is 0.823. The minimum Gasteiger partial charge on any atom is -0.490 e. The number of rotatable bonds is 4. The molecule has 13 heavy (non-hydrogen) atoms. The predicted octanol–water partition coefficient (Wildman–Crippen LogP) is 3.24. The molecule has 0 aliphatic heterocycles. The molecule has 0 unspecified atom stereocenters. The third-order valence-corrected chi connectivity index (χ3v) is 2.59. The van der Waals surface area contributed by atoms with Crippen LogP contribution in [0, 0.1) is 0 Å². The predicted molar refractivity (Wildman–Crippen MR) is 59.2 cm³/mol. The molecule has 0 heterocycles. The zero-order valence-electron chi connectivity index (χ0n) is 7.22. The Kier molecular flexibility index (Phi) is 4.77. The lowest BCUT2D eigenvalue weighted by molar-refractivity contribution is 0.146. The summed E-state index contributed by atoms with van der Waals surface area (Å²) in [5, 5.41) is 0. The van der Waals surface area contributed by atoms with E-state index in [4.69, 9.17) is 9.47 Å². The lowest BCUT2D eigenvalue weighted by atomic mass is 10.3. The molecule has 0 saturated heterocycles. The first-order chi connectivity index (χ1) is 6.24. The monoisotopic (exact) mass is 308 g/mol. The van der Waals surface area contributed by atoms with E-state index in [2.05, 4.69) is 31.9 Å². The second-order valence-corrected chi connectivity index (χ2v) is 4.19. The first-order valence-corrected chi connectivity index (χ1v) is 5.39. The van der Waals surface area contributed by atoms with E-state index >= 15 is 0 Å². The summed E-state index contributed by atoms with van der Waals surface area (Å²) in [5.74, 6) is 0.825. The van der Waals surface area contributed by atoms with E-state index < -0.39 is 0 Å². The van der Waals surface area contributed by atoms with Crippen molar-refractivity contribution in [2.45, 2.75) is 0 Å². The van der Waals surface area contributed by atoms with Crippen molar-refractivity contribution in [2.75, 3.05) is 20.3 Å². The lowest BCUT2D eigenvalue weighted by Crippen LogP contribution is -2.04. The van der Waals surface area contributed by atoms with Crippen molar-refractivity contribution in [1.82, 2.24) is 0 Å². The molecule has 0 fully saturated rings. The van der Waals surface area contributed by atoms with Crippen molar-refractivity contribution in [1.29, 1.82) is 0 Å². The number of hydrogen-bond donors (Lipinski definition) is 0. The van der Waals surface area contributed by atoms with Crippen LogP contribution in [-0.2, 0) is 4.74 Å². The molecule has 0 radical (unpaired) electrons. The van der Waals surface area contributed by atoms with Gasteiger partial charge in [-0.3, -0.25) is 0 Å². The number of benzene rings is 1. The second kappa shape index (κ2) is 5.62. The lowest BCUT2D eigenvalue weighted by Gasteiger charge is -2.07. The summed E-state index contributed by atoms with van der Waals surface area (Å²) in [6, 6.07) is 5.80. The van der Waals surface area contributed by atoms with Gasteiger partial charge < -0.3 is 9.47 Å². The van der Waals surface area contributed by atoms with Crippen LogP contribution in [0.2, 0.25) is 0 Å². The Hall–Kier alpha value is -0.0600. The van der Waals surface area contributed by atoms with E-state index in [1.807, 2.05) is 18.2 Å². The number of methoxy groups -OCH3 is 1. The van der Waals surface area contributed by atoms with Gasteiger partial charge in [-0.2, -0.15) is 0 Å². The van der Waals surface area contributed by atoms with E-state index in [1.165, 1.54) is 0 Å². The highest BCUT2D eigenvalue weighted by Gasteiger charge is 2.00. The zero-order chi connectivity index (χ0) is 9.68. The summed E-state index contributed by atoms with van der Waals surface area (Å²) in [6.45, 7) is 1.16. The van der Waals surface area contributed by atoms with Crippen molar-refractivity contribution in [3.63, 3.8) is 0 Å². The molecule has 0 bridgehead atoms. The van der Waals surface area contributed by atoms with Crippen LogP contribution in [0.15, 0.2) is 27.1 Å². The van der Waals surface area contributed by atoms with Gasteiger partial charge in [-0.05, 0) is 34.1 Å². The van der Waals surface area contributed by atoms with Gasteiger partial charge in [0.05, 0.1) is 11.1 Å². The smallest absolute Gasteiger partial charge is 0.134 e. The molecule has 1 rings (SSSR count). The van der Waals surface area contributed by atoms with E-state index in [0.29, 0.717) is 13.2 Å². The molecule has 72 valence electrons. The fraction of sp³-hybridized carbons (Fsp3) is 0.333. The van der Waals surface area contributed by atoms with Gasteiger partial charge in [0.15, 0.2) is 0 Å². The molecule has 2 nitrogen and oxygen atoms in total. The highest BCUT2D eigenvalue weighted by Crippen LogP contribution is 2.28. The number of ether oxygens (including phenoxy) is 2. The largest absolute Gasteiger partial charge is 0.490 e. The standard InChI is InChI=1S/C9H10Br2O2/c1-12-4-5-13-9-6-7(10)2-3-8(9)11/h2-3,6H,4-5H2,1H3. The van der Waals surface area contributed by atoms with Crippen LogP contribution in [0.3, 0.4) is 0 Å². The van der Waals surface area contributed by atoms with Crippen LogP contribution in [0.1, 0.15) is 0 Å². The van der Waals surface area contributed by atoms with E-state index in [0.717, 1.165) is 14.7 Å². The van der Waals surface area contributed by atoms with Gasteiger partial charge in [-0.25, -0.2) is 0 Å². The van der Waals surface area contributed by atoms with Crippen LogP contribution >= 0.6 is 31.9 Å². The first kappa shape index (κ1) is 11.0. The third-order valence-electron chi connectivity index (χ3n) is 1.44. The van der Waals surface area contributed by atoms with Crippen molar-refractivity contribution in [3.8, 4) is 5.75 Å². The number of hydrogen-bond acceptors (Lipinski definition) is 2. The highest BCUT2D eigenvalue weighted by molar-refractivity contribution is 9.11. The average molecular weight is 310 g/mol. The molecule has 4 heteroatoms. The molecule has 0 aliphatic carbocycles. The minimum atomic E-state index is 0.561. The summed E-state index contributed by atoms with van der Waals surface area (Å²) in [6.07, 6.45) is 0. The Labute approximate surface area is 94.5 Å². The summed E-state index contributed by atoms with van der Waals surface area (Å²) < 4.78 is 12.3. The van der Waals surface area contributed by atoms with Gasteiger partial charge in [0.25, 0.3) is 0 Å². The summed E-state index contributed by atoms with van der Waals surface area (Å²) in [4.78, 5) is 0. The quantitative estimate of drug-likeness (QED) is 0.795.